The maximum absolute atomic E-state index is 9.39. The molecule has 1 aromatic heterocycles. The first kappa shape index (κ1) is 16.0. The molecule has 4 heteroatoms. The number of nitrogens with one attached hydrogen (secondary N) is 1. The van der Waals surface area contributed by atoms with E-state index < -0.39 is 0 Å². The van der Waals surface area contributed by atoms with Crippen molar-refractivity contribution in [3.8, 4) is 0 Å². The van der Waals surface area contributed by atoms with E-state index in [1.165, 1.54) is 16.6 Å². The van der Waals surface area contributed by atoms with Crippen LogP contribution in [-0.2, 0) is 6.54 Å². The first-order valence-corrected chi connectivity index (χ1v) is 7.71. The van der Waals surface area contributed by atoms with Crippen LogP contribution in [0, 0.1) is 13.8 Å². The van der Waals surface area contributed by atoms with Gasteiger partial charge in [0.25, 0.3) is 0 Å². The molecule has 1 unspecified atom stereocenters. The van der Waals surface area contributed by atoms with Crippen molar-refractivity contribution in [2.45, 2.75) is 52.1 Å². The van der Waals surface area contributed by atoms with Crippen LogP contribution in [0.1, 0.15) is 37.3 Å². The van der Waals surface area contributed by atoms with Crippen molar-refractivity contribution >= 4 is 11.0 Å². The van der Waals surface area contributed by atoms with E-state index >= 15 is 0 Å². The topological polar surface area (TPSA) is 50.1 Å². The van der Waals surface area contributed by atoms with E-state index in [-0.39, 0.29) is 12.1 Å². The van der Waals surface area contributed by atoms with Crippen molar-refractivity contribution in [1.29, 1.82) is 0 Å². The number of rotatable bonds is 7. The fourth-order valence-electron chi connectivity index (χ4n) is 2.57. The molecule has 2 N–H and O–H groups in total. The van der Waals surface area contributed by atoms with Gasteiger partial charge in [0.15, 0.2) is 0 Å². The number of hydrogen-bond donors (Lipinski definition) is 2. The standard InChI is InChI=1S/C17H27N3O/c1-13-9-15-16(10-14(13)2)20(12-19-15)8-6-5-7-17(3,11-21)18-4/h9-10,12,18,21H,5-8,11H2,1-4H3. The first-order chi connectivity index (χ1) is 9.99. The largest absolute Gasteiger partial charge is 0.394 e. The maximum Gasteiger partial charge on any atom is 0.0958 e. The molecule has 0 aliphatic rings. The van der Waals surface area contributed by atoms with Gasteiger partial charge in [0.1, 0.15) is 0 Å². The van der Waals surface area contributed by atoms with Crippen LogP contribution >= 0.6 is 0 Å². The lowest BCUT2D eigenvalue weighted by atomic mass is 9.96. The normalized spacial score (nSPS) is 14.5. The Kier molecular flexibility index (Phi) is 5.01. The molecule has 1 heterocycles. The number of aliphatic hydroxyl groups is 1. The third-order valence-corrected chi connectivity index (χ3v) is 4.57. The fourth-order valence-corrected chi connectivity index (χ4v) is 2.57. The summed E-state index contributed by atoms with van der Waals surface area (Å²) in [4.78, 5) is 4.49. The number of hydrogen-bond acceptors (Lipinski definition) is 3. The van der Waals surface area contributed by atoms with E-state index in [4.69, 9.17) is 0 Å². The number of aliphatic hydroxyl groups excluding tert-OH is 1. The third-order valence-electron chi connectivity index (χ3n) is 4.57. The number of fused-ring (bicyclic) bond motifs is 1. The monoisotopic (exact) mass is 289 g/mol. The van der Waals surface area contributed by atoms with Crippen molar-refractivity contribution in [1.82, 2.24) is 14.9 Å². The molecule has 0 aliphatic carbocycles. The number of aromatic nitrogens is 2. The molecule has 4 nitrogen and oxygen atoms in total. The summed E-state index contributed by atoms with van der Waals surface area (Å²) in [7, 11) is 1.91. The van der Waals surface area contributed by atoms with Gasteiger partial charge in [-0.05, 0) is 70.3 Å². The number of aryl methyl sites for hydroxylation is 3. The van der Waals surface area contributed by atoms with Crippen molar-refractivity contribution in [3.05, 3.63) is 29.6 Å². The van der Waals surface area contributed by atoms with Crippen molar-refractivity contribution in [3.63, 3.8) is 0 Å². The molecular weight excluding hydrogens is 262 g/mol. The molecule has 2 rings (SSSR count). The minimum Gasteiger partial charge on any atom is -0.394 e. The highest BCUT2D eigenvalue weighted by atomic mass is 16.3. The summed E-state index contributed by atoms with van der Waals surface area (Å²) in [5, 5.41) is 12.6. The van der Waals surface area contributed by atoms with Gasteiger partial charge in [-0.1, -0.05) is 0 Å². The van der Waals surface area contributed by atoms with Gasteiger partial charge in [-0.15, -0.1) is 0 Å². The number of benzene rings is 1. The Hall–Kier alpha value is -1.39. The summed E-state index contributed by atoms with van der Waals surface area (Å²) in [5.74, 6) is 0. The molecule has 0 fully saturated rings. The lowest BCUT2D eigenvalue weighted by molar-refractivity contribution is 0.170. The molecule has 21 heavy (non-hydrogen) atoms. The Balaban J connectivity index is 1.97. The second-order valence-corrected chi connectivity index (χ2v) is 6.29. The average Bonchev–Trinajstić information content (AvgIpc) is 2.86. The van der Waals surface area contributed by atoms with Crippen LogP contribution in [0.4, 0.5) is 0 Å². The van der Waals surface area contributed by atoms with E-state index in [9.17, 15) is 5.11 Å². The Morgan fingerprint density at radius 2 is 1.95 bits per heavy atom. The highest BCUT2D eigenvalue weighted by Crippen LogP contribution is 2.19. The number of nitrogens with zero attached hydrogens (tertiary/aromatic N) is 2. The molecule has 0 saturated heterocycles. The third kappa shape index (κ3) is 3.63. The van der Waals surface area contributed by atoms with Crippen LogP contribution < -0.4 is 5.32 Å². The molecule has 1 atom stereocenters. The smallest absolute Gasteiger partial charge is 0.0958 e. The molecule has 2 aromatic rings. The van der Waals surface area contributed by atoms with Gasteiger partial charge in [-0.25, -0.2) is 4.98 Å². The van der Waals surface area contributed by atoms with Crippen LogP contribution in [0.25, 0.3) is 11.0 Å². The number of unbranched alkanes of at least 4 members (excludes halogenated alkanes) is 1. The Labute approximate surface area is 127 Å². The number of likely N-dealkylation sites (N-methyl/N-ethyl adjacent to an activating group) is 1. The van der Waals surface area contributed by atoms with Gasteiger partial charge in [0, 0.05) is 12.1 Å². The second kappa shape index (κ2) is 6.58. The van der Waals surface area contributed by atoms with Gasteiger partial charge < -0.3 is 15.0 Å². The molecule has 1 aromatic carbocycles. The zero-order valence-electron chi connectivity index (χ0n) is 13.6. The average molecular weight is 289 g/mol. The van der Waals surface area contributed by atoms with Crippen LogP contribution in [0.15, 0.2) is 18.5 Å². The van der Waals surface area contributed by atoms with E-state index in [0.717, 1.165) is 31.3 Å². The second-order valence-electron chi connectivity index (χ2n) is 6.29. The van der Waals surface area contributed by atoms with E-state index in [2.05, 4.69) is 47.8 Å². The predicted molar refractivity (Wildman–Crippen MR) is 87.6 cm³/mol. The first-order valence-electron chi connectivity index (χ1n) is 7.71. The Morgan fingerprint density at radius 3 is 2.62 bits per heavy atom. The summed E-state index contributed by atoms with van der Waals surface area (Å²) >= 11 is 0. The minimum absolute atomic E-state index is 0.162. The quantitative estimate of drug-likeness (QED) is 0.771. The van der Waals surface area contributed by atoms with Gasteiger partial charge in [-0.2, -0.15) is 0 Å². The summed E-state index contributed by atoms with van der Waals surface area (Å²) in [6.45, 7) is 7.49. The van der Waals surface area contributed by atoms with Crippen molar-refractivity contribution < 1.29 is 5.11 Å². The van der Waals surface area contributed by atoms with Gasteiger partial charge in [-0.3, -0.25) is 0 Å². The molecule has 0 saturated carbocycles. The van der Waals surface area contributed by atoms with E-state index in [1.54, 1.807) is 0 Å². The minimum atomic E-state index is -0.162. The van der Waals surface area contributed by atoms with Crippen LogP contribution in [0.2, 0.25) is 0 Å². The molecular formula is C17H27N3O. The summed E-state index contributed by atoms with van der Waals surface area (Å²) in [6.07, 6.45) is 5.09. The predicted octanol–water partition coefficient (Wildman–Crippen LogP) is 2.79. The molecule has 0 radical (unpaired) electrons. The fraction of sp³-hybridized carbons (Fsp3) is 0.588. The van der Waals surface area contributed by atoms with Crippen molar-refractivity contribution in [2.75, 3.05) is 13.7 Å². The molecule has 0 amide bonds. The lowest BCUT2D eigenvalue weighted by Gasteiger charge is -2.26. The summed E-state index contributed by atoms with van der Waals surface area (Å²) in [6, 6.07) is 4.38. The molecule has 0 spiro atoms. The highest BCUT2D eigenvalue weighted by Gasteiger charge is 2.19. The lowest BCUT2D eigenvalue weighted by Crippen LogP contribution is -2.43. The number of imidazole rings is 1. The highest BCUT2D eigenvalue weighted by molar-refractivity contribution is 5.77. The Bertz CT molecular complexity index is 599. The summed E-state index contributed by atoms with van der Waals surface area (Å²) in [5.41, 5.74) is 4.74. The van der Waals surface area contributed by atoms with Crippen LogP contribution in [-0.4, -0.2) is 33.9 Å². The zero-order valence-corrected chi connectivity index (χ0v) is 13.6. The van der Waals surface area contributed by atoms with Gasteiger partial charge in [0.05, 0.1) is 24.0 Å². The van der Waals surface area contributed by atoms with Crippen LogP contribution in [0.5, 0.6) is 0 Å². The zero-order chi connectivity index (χ0) is 15.5. The Morgan fingerprint density at radius 1 is 1.24 bits per heavy atom. The summed E-state index contributed by atoms with van der Waals surface area (Å²) < 4.78 is 2.23. The van der Waals surface area contributed by atoms with E-state index in [1.807, 2.05) is 13.4 Å². The molecule has 0 aliphatic heterocycles. The van der Waals surface area contributed by atoms with E-state index in [0.29, 0.717) is 0 Å². The maximum atomic E-state index is 9.39. The van der Waals surface area contributed by atoms with Crippen LogP contribution in [0.3, 0.4) is 0 Å². The molecule has 0 bridgehead atoms. The SMILES string of the molecule is CNC(C)(CO)CCCCn1cnc2cc(C)c(C)cc21. The van der Waals surface area contributed by atoms with Gasteiger partial charge in [0.2, 0.25) is 0 Å². The van der Waals surface area contributed by atoms with Crippen molar-refractivity contribution in [2.24, 2.45) is 0 Å². The van der Waals surface area contributed by atoms with Gasteiger partial charge >= 0.3 is 0 Å². The molecule has 116 valence electrons.